The minimum atomic E-state index is -0.0503. The van der Waals surface area contributed by atoms with E-state index in [1.54, 1.807) is 13.4 Å². The van der Waals surface area contributed by atoms with Gasteiger partial charge in [0.25, 0.3) is 0 Å². The Morgan fingerprint density at radius 1 is 1.13 bits per heavy atom. The van der Waals surface area contributed by atoms with Crippen molar-refractivity contribution in [1.29, 1.82) is 0 Å². The number of hydrogen-bond acceptors (Lipinski definition) is 6. The van der Waals surface area contributed by atoms with Crippen molar-refractivity contribution in [1.82, 2.24) is 15.6 Å². The Labute approximate surface area is 181 Å². The summed E-state index contributed by atoms with van der Waals surface area (Å²) in [5.74, 6) is 2.46. The zero-order chi connectivity index (χ0) is 21.9. The van der Waals surface area contributed by atoms with Gasteiger partial charge in [-0.05, 0) is 36.8 Å². The van der Waals surface area contributed by atoms with Crippen molar-refractivity contribution in [3.05, 3.63) is 66.1 Å². The zero-order valence-electron chi connectivity index (χ0n) is 17.8. The standard InChI is InChI=1S/C23H28N4O4/c1-3-24-23(25-14-17-9-10-20(30-12-11-28)21(13-17)29-2)26-15-19-16-31-22(27-19)18-7-5-4-6-8-18/h4-10,13,16,28H,3,11-12,14-15H2,1-2H3,(H2,24,25,26). The maximum Gasteiger partial charge on any atom is 0.226 e. The summed E-state index contributed by atoms with van der Waals surface area (Å²) < 4.78 is 16.4. The molecule has 0 amide bonds. The van der Waals surface area contributed by atoms with Crippen LogP contribution in [-0.2, 0) is 13.1 Å². The number of rotatable bonds is 10. The number of aliphatic imine (C=N–C) groups is 1. The molecule has 164 valence electrons. The van der Waals surface area contributed by atoms with Gasteiger partial charge in [-0.25, -0.2) is 9.98 Å². The fourth-order valence-electron chi connectivity index (χ4n) is 2.87. The first-order valence-corrected chi connectivity index (χ1v) is 10.2. The molecule has 3 aromatic rings. The highest BCUT2D eigenvalue weighted by Gasteiger charge is 2.08. The first-order valence-electron chi connectivity index (χ1n) is 10.2. The number of nitrogens with zero attached hydrogens (tertiary/aromatic N) is 2. The number of methoxy groups -OCH3 is 1. The molecule has 8 heteroatoms. The van der Waals surface area contributed by atoms with Crippen molar-refractivity contribution in [3.8, 4) is 23.0 Å². The van der Waals surface area contributed by atoms with Crippen molar-refractivity contribution >= 4 is 5.96 Å². The zero-order valence-corrected chi connectivity index (χ0v) is 17.8. The molecule has 0 aliphatic rings. The summed E-state index contributed by atoms with van der Waals surface area (Å²) in [7, 11) is 1.58. The van der Waals surface area contributed by atoms with Crippen LogP contribution < -0.4 is 20.1 Å². The number of aromatic nitrogens is 1. The Balaban J connectivity index is 1.62. The second-order valence-corrected chi connectivity index (χ2v) is 6.62. The van der Waals surface area contributed by atoms with Gasteiger partial charge in [0.2, 0.25) is 5.89 Å². The van der Waals surface area contributed by atoms with Gasteiger partial charge in [-0.2, -0.15) is 0 Å². The van der Waals surface area contributed by atoms with Gasteiger partial charge in [0.05, 0.1) is 32.5 Å². The maximum atomic E-state index is 8.93. The smallest absolute Gasteiger partial charge is 0.226 e. The van der Waals surface area contributed by atoms with Crippen molar-refractivity contribution in [2.75, 3.05) is 26.9 Å². The fourth-order valence-corrected chi connectivity index (χ4v) is 2.87. The third-order valence-electron chi connectivity index (χ3n) is 4.35. The highest BCUT2D eigenvalue weighted by Crippen LogP contribution is 2.28. The van der Waals surface area contributed by atoms with Gasteiger partial charge >= 0.3 is 0 Å². The molecule has 0 atom stereocenters. The number of aliphatic hydroxyl groups excluding tert-OH is 1. The summed E-state index contributed by atoms with van der Waals surface area (Å²) in [6, 6.07) is 15.4. The summed E-state index contributed by atoms with van der Waals surface area (Å²) in [6.45, 7) is 3.86. The van der Waals surface area contributed by atoms with E-state index < -0.39 is 0 Å². The van der Waals surface area contributed by atoms with Crippen molar-refractivity contribution < 1.29 is 19.0 Å². The van der Waals surface area contributed by atoms with E-state index in [1.807, 2.05) is 55.5 Å². The van der Waals surface area contributed by atoms with E-state index in [-0.39, 0.29) is 13.2 Å². The molecule has 3 N–H and O–H groups in total. The van der Waals surface area contributed by atoms with Crippen LogP contribution in [0.1, 0.15) is 18.2 Å². The molecule has 0 aliphatic carbocycles. The lowest BCUT2D eigenvalue weighted by molar-refractivity contribution is 0.196. The summed E-state index contributed by atoms with van der Waals surface area (Å²) in [6.07, 6.45) is 1.65. The Bertz CT molecular complexity index is 973. The van der Waals surface area contributed by atoms with Gasteiger partial charge < -0.3 is 29.6 Å². The SMILES string of the molecule is CCNC(=NCc1ccc(OCCO)c(OC)c1)NCc1coc(-c2ccccc2)n1. The van der Waals surface area contributed by atoms with Gasteiger partial charge in [-0.1, -0.05) is 24.3 Å². The molecule has 2 aromatic carbocycles. The molecule has 1 heterocycles. The van der Waals surface area contributed by atoms with E-state index in [9.17, 15) is 0 Å². The molecule has 0 aliphatic heterocycles. The predicted molar refractivity (Wildman–Crippen MR) is 119 cm³/mol. The van der Waals surface area contributed by atoms with E-state index in [0.717, 1.165) is 23.4 Å². The van der Waals surface area contributed by atoms with Gasteiger partial charge in [0.1, 0.15) is 12.9 Å². The lowest BCUT2D eigenvalue weighted by Crippen LogP contribution is -2.36. The summed E-state index contributed by atoms with van der Waals surface area (Å²) in [4.78, 5) is 9.16. The van der Waals surface area contributed by atoms with Crippen LogP contribution in [0.4, 0.5) is 0 Å². The normalized spacial score (nSPS) is 11.3. The third kappa shape index (κ3) is 6.48. The molecule has 3 rings (SSSR count). The topological polar surface area (TPSA) is 101 Å². The van der Waals surface area contributed by atoms with Crippen molar-refractivity contribution in [2.45, 2.75) is 20.0 Å². The monoisotopic (exact) mass is 424 g/mol. The minimum absolute atomic E-state index is 0.0503. The highest BCUT2D eigenvalue weighted by molar-refractivity contribution is 5.79. The second kappa shape index (κ2) is 11.6. The van der Waals surface area contributed by atoms with Gasteiger partial charge in [-0.3, -0.25) is 0 Å². The van der Waals surface area contributed by atoms with E-state index >= 15 is 0 Å². The maximum absolute atomic E-state index is 8.93. The number of benzene rings is 2. The largest absolute Gasteiger partial charge is 0.493 e. The number of hydrogen-bond donors (Lipinski definition) is 3. The number of ether oxygens (including phenoxy) is 2. The average Bonchev–Trinajstić information content (AvgIpc) is 3.29. The van der Waals surface area contributed by atoms with E-state index in [1.165, 1.54) is 0 Å². The Kier molecular flexibility index (Phi) is 8.30. The second-order valence-electron chi connectivity index (χ2n) is 6.62. The van der Waals surface area contributed by atoms with Crippen LogP contribution in [0.25, 0.3) is 11.5 Å². The Morgan fingerprint density at radius 3 is 2.71 bits per heavy atom. The molecule has 0 saturated heterocycles. The van der Waals surface area contributed by atoms with Crippen molar-refractivity contribution in [3.63, 3.8) is 0 Å². The first kappa shape index (κ1) is 22.2. The van der Waals surface area contributed by atoms with Crippen LogP contribution >= 0.6 is 0 Å². The van der Waals surface area contributed by atoms with Crippen LogP contribution in [-0.4, -0.2) is 42.9 Å². The molecular weight excluding hydrogens is 396 g/mol. The molecule has 0 spiro atoms. The molecule has 1 aromatic heterocycles. The van der Waals surface area contributed by atoms with E-state index in [0.29, 0.717) is 36.4 Å². The summed E-state index contributed by atoms with van der Waals surface area (Å²) in [5.41, 5.74) is 2.70. The minimum Gasteiger partial charge on any atom is -0.493 e. The van der Waals surface area contributed by atoms with Gasteiger partial charge in [-0.15, -0.1) is 0 Å². The molecule has 0 saturated carbocycles. The molecule has 31 heavy (non-hydrogen) atoms. The molecule has 0 bridgehead atoms. The van der Waals surface area contributed by atoms with Crippen LogP contribution in [0, 0.1) is 0 Å². The number of nitrogens with one attached hydrogen (secondary N) is 2. The van der Waals surface area contributed by atoms with Crippen LogP contribution in [0.15, 0.2) is 64.2 Å². The third-order valence-corrected chi connectivity index (χ3v) is 4.35. The average molecular weight is 425 g/mol. The first-order chi connectivity index (χ1) is 15.2. The predicted octanol–water partition coefficient (Wildman–Crippen LogP) is 2.98. The van der Waals surface area contributed by atoms with Gasteiger partial charge in [0, 0.05) is 12.1 Å². The van der Waals surface area contributed by atoms with Crippen LogP contribution in [0.2, 0.25) is 0 Å². The highest BCUT2D eigenvalue weighted by atomic mass is 16.5. The Morgan fingerprint density at radius 2 is 1.97 bits per heavy atom. The quantitative estimate of drug-likeness (QED) is 0.340. The lowest BCUT2D eigenvalue weighted by atomic mass is 10.2. The summed E-state index contributed by atoms with van der Waals surface area (Å²) >= 11 is 0. The van der Waals surface area contributed by atoms with E-state index in [2.05, 4.69) is 20.6 Å². The number of guanidine groups is 1. The molecule has 8 nitrogen and oxygen atoms in total. The molecular formula is C23H28N4O4. The molecule has 0 fully saturated rings. The van der Waals surface area contributed by atoms with Crippen LogP contribution in [0.5, 0.6) is 11.5 Å². The fraction of sp³-hybridized carbons (Fsp3) is 0.304. The van der Waals surface area contributed by atoms with Gasteiger partial charge in [0.15, 0.2) is 17.5 Å². The molecule has 0 radical (unpaired) electrons. The van der Waals surface area contributed by atoms with E-state index in [4.69, 9.17) is 19.0 Å². The number of oxazole rings is 1. The molecule has 0 unspecified atom stereocenters. The lowest BCUT2D eigenvalue weighted by Gasteiger charge is -2.12. The van der Waals surface area contributed by atoms with Crippen molar-refractivity contribution in [2.24, 2.45) is 4.99 Å². The number of aliphatic hydroxyl groups is 1. The Hall–Kier alpha value is -3.52. The summed E-state index contributed by atoms with van der Waals surface area (Å²) in [5, 5.41) is 15.4. The van der Waals surface area contributed by atoms with Crippen LogP contribution in [0.3, 0.4) is 0 Å².